The maximum atomic E-state index is 12.6. The van der Waals surface area contributed by atoms with E-state index in [2.05, 4.69) is 55.6 Å². The highest BCUT2D eigenvalue weighted by molar-refractivity contribution is 5.80. The van der Waals surface area contributed by atoms with Crippen LogP contribution in [0.1, 0.15) is 361 Å². The molecule has 0 fully saturated rings. The number of allylic oxidation sites excluding steroid dienone is 7. The van der Waals surface area contributed by atoms with Gasteiger partial charge in [0.25, 0.3) is 0 Å². The number of carbonyl (C=O) groups is 1. The normalized spacial score (nSPS) is 13.4. The molecule has 0 saturated carbocycles. The molecule has 3 atom stereocenters. The molecule has 1 amide bonds. The van der Waals surface area contributed by atoms with Gasteiger partial charge in [-0.2, -0.15) is 0 Å². The number of hydrogen-bond acceptors (Lipinski definition) is 4. The van der Waals surface area contributed by atoms with Crippen LogP contribution >= 0.6 is 0 Å². The smallest absolute Gasteiger partial charge is 0.249 e. The van der Waals surface area contributed by atoms with Crippen LogP contribution in [-0.2, 0) is 4.79 Å². The van der Waals surface area contributed by atoms with E-state index in [9.17, 15) is 20.1 Å². The van der Waals surface area contributed by atoms with Gasteiger partial charge in [-0.05, 0) is 64.2 Å². The van der Waals surface area contributed by atoms with E-state index in [1.54, 1.807) is 6.08 Å². The standard InChI is InChI=1S/C69H131NO4/c1-3-5-7-9-11-13-15-17-19-21-23-25-27-28-29-30-31-32-33-34-35-36-37-38-39-40-41-42-44-46-48-50-52-54-56-58-60-62-64-68(73)69(74)70-66(65-71)67(72)63-61-59-57-55-53-51-49-47-45-43-26-24-22-20-18-16-14-12-10-8-6-4-2/h31-32,34-35,53,55,61,63,66-68,71-73H,3-30,33,36-52,54,56-60,62,64-65H2,1-2H3,(H,70,74)/b32-31-,35-34-,55-53+,63-61+. The Balaban J connectivity index is 3.52. The number of nitrogens with one attached hydrogen (secondary N) is 1. The molecule has 0 aliphatic rings. The van der Waals surface area contributed by atoms with Crippen molar-refractivity contribution in [2.75, 3.05) is 6.61 Å². The molecule has 0 rings (SSSR count). The van der Waals surface area contributed by atoms with E-state index in [1.165, 1.54) is 295 Å². The summed E-state index contributed by atoms with van der Waals surface area (Å²) in [6, 6.07) is -0.817. The molecule has 436 valence electrons. The van der Waals surface area contributed by atoms with Gasteiger partial charge in [0.05, 0.1) is 18.8 Å². The van der Waals surface area contributed by atoms with Gasteiger partial charge in [-0.1, -0.05) is 345 Å². The van der Waals surface area contributed by atoms with Crippen molar-refractivity contribution < 1.29 is 20.1 Å². The highest BCUT2D eigenvalue weighted by Gasteiger charge is 2.22. The first-order valence-electron chi connectivity index (χ1n) is 33.5. The Hall–Kier alpha value is -1.69. The number of amides is 1. The van der Waals surface area contributed by atoms with Gasteiger partial charge in [0.15, 0.2) is 0 Å². The second kappa shape index (κ2) is 63.8. The molecule has 0 radical (unpaired) electrons. The van der Waals surface area contributed by atoms with Crippen molar-refractivity contribution in [2.45, 2.75) is 379 Å². The van der Waals surface area contributed by atoms with Crippen molar-refractivity contribution in [1.29, 1.82) is 0 Å². The average Bonchev–Trinajstić information content (AvgIpc) is 3.41. The lowest BCUT2D eigenvalue weighted by Crippen LogP contribution is -2.48. The van der Waals surface area contributed by atoms with Crippen LogP contribution in [0, 0.1) is 0 Å². The summed E-state index contributed by atoms with van der Waals surface area (Å²) in [6.07, 6.45) is 86.7. The van der Waals surface area contributed by atoms with Crippen LogP contribution in [0.5, 0.6) is 0 Å². The molecule has 74 heavy (non-hydrogen) atoms. The van der Waals surface area contributed by atoms with Gasteiger partial charge in [0.2, 0.25) is 5.91 Å². The lowest BCUT2D eigenvalue weighted by atomic mass is 10.0. The maximum Gasteiger partial charge on any atom is 0.249 e. The molecule has 0 aliphatic heterocycles. The van der Waals surface area contributed by atoms with E-state index < -0.39 is 24.2 Å². The molecule has 0 aliphatic carbocycles. The number of unbranched alkanes of at least 4 members (excludes halogenated alkanes) is 48. The summed E-state index contributed by atoms with van der Waals surface area (Å²) in [4.78, 5) is 12.6. The predicted molar refractivity (Wildman–Crippen MR) is 328 cm³/mol. The number of aliphatic hydroxyl groups excluding tert-OH is 3. The lowest BCUT2D eigenvalue weighted by Gasteiger charge is -2.21. The molecule has 0 saturated heterocycles. The summed E-state index contributed by atoms with van der Waals surface area (Å²) >= 11 is 0. The summed E-state index contributed by atoms with van der Waals surface area (Å²) in [5.74, 6) is -0.508. The average molecular weight is 1040 g/mol. The maximum absolute atomic E-state index is 12.6. The molecule has 4 N–H and O–H groups in total. The van der Waals surface area contributed by atoms with Crippen LogP contribution in [-0.4, -0.2) is 46.1 Å². The minimum Gasteiger partial charge on any atom is -0.394 e. The first kappa shape index (κ1) is 72.3. The van der Waals surface area contributed by atoms with E-state index >= 15 is 0 Å². The van der Waals surface area contributed by atoms with Crippen molar-refractivity contribution >= 4 is 5.91 Å². The molecule has 0 heterocycles. The summed E-state index contributed by atoms with van der Waals surface area (Å²) in [6.45, 7) is 4.21. The largest absolute Gasteiger partial charge is 0.394 e. The van der Waals surface area contributed by atoms with Gasteiger partial charge < -0.3 is 20.6 Å². The van der Waals surface area contributed by atoms with Crippen LogP contribution in [0.2, 0.25) is 0 Å². The third-order valence-corrected chi connectivity index (χ3v) is 15.6. The Morgan fingerprint density at radius 3 is 0.905 bits per heavy atom. The molecule has 0 aromatic heterocycles. The zero-order valence-corrected chi connectivity index (χ0v) is 50.0. The number of carbonyl (C=O) groups excluding carboxylic acids is 1. The molecular formula is C69H131NO4. The van der Waals surface area contributed by atoms with Crippen molar-refractivity contribution in [3.8, 4) is 0 Å². The zero-order chi connectivity index (χ0) is 53.6. The van der Waals surface area contributed by atoms with Crippen LogP contribution < -0.4 is 5.32 Å². The minimum absolute atomic E-state index is 0.375. The molecule has 5 heteroatoms. The second-order valence-electron chi connectivity index (χ2n) is 23.0. The summed E-state index contributed by atoms with van der Waals surface area (Å²) in [5, 5.41) is 33.4. The fourth-order valence-electron chi connectivity index (χ4n) is 10.5. The first-order valence-corrected chi connectivity index (χ1v) is 33.5. The Kier molecular flexibility index (Phi) is 62.4. The summed E-state index contributed by atoms with van der Waals surface area (Å²) in [7, 11) is 0. The van der Waals surface area contributed by atoms with Crippen LogP contribution in [0.15, 0.2) is 48.6 Å². The van der Waals surface area contributed by atoms with E-state index in [4.69, 9.17) is 0 Å². The SMILES string of the molecule is CCCCCCCCCCCCCCCCC/C=C\C/C=C\CCCCCCCCCCCCCCCCCCC(O)C(=O)NC(CO)C(O)/C=C/CC/C=C/CCCCCCCCCCCCCCCCCC. The van der Waals surface area contributed by atoms with Gasteiger partial charge in [-0.15, -0.1) is 0 Å². The Morgan fingerprint density at radius 2 is 0.595 bits per heavy atom. The van der Waals surface area contributed by atoms with Crippen LogP contribution in [0.4, 0.5) is 0 Å². The van der Waals surface area contributed by atoms with Crippen LogP contribution in [0.3, 0.4) is 0 Å². The summed E-state index contributed by atoms with van der Waals surface area (Å²) < 4.78 is 0. The van der Waals surface area contributed by atoms with Gasteiger partial charge in [-0.25, -0.2) is 0 Å². The summed E-state index contributed by atoms with van der Waals surface area (Å²) in [5.41, 5.74) is 0. The molecule has 0 aromatic carbocycles. The van der Waals surface area contributed by atoms with E-state index in [0.717, 1.165) is 44.9 Å². The highest BCUT2D eigenvalue weighted by atomic mass is 16.3. The Bertz CT molecular complexity index is 1190. The molecule has 5 nitrogen and oxygen atoms in total. The third kappa shape index (κ3) is 58.0. The topological polar surface area (TPSA) is 89.8 Å². The monoisotopic (exact) mass is 1040 g/mol. The predicted octanol–water partition coefficient (Wildman–Crippen LogP) is 21.5. The van der Waals surface area contributed by atoms with Crippen LogP contribution in [0.25, 0.3) is 0 Å². The lowest BCUT2D eigenvalue weighted by molar-refractivity contribution is -0.131. The molecule has 0 bridgehead atoms. The molecule has 0 aromatic rings. The van der Waals surface area contributed by atoms with E-state index in [1.807, 2.05) is 6.08 Å². The van der Waals surface area contributed by atoms with Crippen molar-refractivity contribution in [3.63, 3.8) is 0 Å². The number of rotatable bonds is 62. The third-order valence-electron chi connectivity index (χ3n) is 15.6. The Labute approximate surface area is 463 Å². The van der Waals surface area contributed by atoms with Gasteiger partial charge in [-0.3, -0.25) is 4.79 Å². The zero-order valence-electron chi connectivity index (χ0n) is 50.0. The van der Waals surface area contributed by atoms with Gasteiger partial charge in [0, 0.05) is 0 Å². The molecule has 0 spiro atoms. The number of aliphatic hydroxyl groups is 3. The molecule has 3 unspecified atom stereocenters. The van der Waals surface area contributed by atoms with Gasteiger partial charge >= 0.3 is 0 Å². The fourth-order valence-corrected chi connectivity index (χ4v) is 10.5. The van der Waals surface area contributed by atoms with E-state index in [-0.39, 0.29) is 6.61 Å². The van der Waals surface area contributed by atoms with Crippen molar-refractivity contribution in [2.24, 2.45) is 0 Å². The first-order chi connectivity index (χ1) is 36.6. The minimum atomic E-state index is -1.11. The number of hydrogen-bond donors (Lipinski definition) is 4. The van der Waals surface area contributed by atoms with Gasteiger partial charge in [0.1, 0.15) is 6.10 Å². The Morgan fingerprint density at radius 1 is 0.338 bits per heavy atom. The van der Waals surface area contributed by atoms with Crippen molar-refractivity contribution in [1.82, 2.24) is 5.32 Å². The van der Waals surface area contributed by atoms with E-state index in [0.29, 0.717) is 6.42 Å². The second-order valence-corrected chi connectivity index (χ2v) is 23.0. The highest BCUT2D eigenvalue weighted by Crippen LogP contribution is 2.18. The fraction of sp³-hybridized carbons (Fsp3) is 0.870. The quantitative estimate of drug-likeness (QED) is 0.0361. The van der Waals surface area contributed by atoms with Crippen molar-refractivity contribution in [3.05, 3.63) is 48.6 Å². The molecular weight excluding hydrogens is 907 g/mol.